The highest BCUT2D eigenvalue weighted by Crippen LogP contribution is 2.23. The zero-order valence-corrected chi connectivity index (χ0v) is 15.3. The maximum atomic E-state index is 12.8. The third-order valence-corrected chi connectivity index (χ3v) is 4.91. The first kappa shape index (κ1) is 19.8. The number of rotatable bonds is 7. The van der Waals surface area contributed by atoms with Crippen LogP contribution in [0.25, 0.3) is 0 Å². The minimum Gasteiger partial charge on any atom is -0.480 e. The molecule has 9 nitrogen and oxygen atoms in total. The summed E-state index contributed by atoms with van der Waals surface area (Å²) < 4.78 is 4.76. The fraction of sp³-hybridized carbons (Fsp3) is 0.474. The number of hydrogen-bond acceptors (Lipinski definition) is 5. The molecule has 3 unspecified atom stereocenters. The molecule has 1 aromatic rings. The molecule has 3 atom stereocenters. The van der Waals surface area contributed by atoms with Crippen LogP contribution in [0, 0.1) is 0 Å². The number of aliphatic carboxylic acids is 1. The molecule has 1 aromatic carbocycles. The Morgan fingerprint density at radius 1 is 1.21 bits per heavy atom. The van der Waals surface area contributed by atoms with E-state index in [1.165, 1.54) is 0 Å². The van der Waals surface area contributed by atoms with Crippen LogP contribution < -0.4 is 10.6 Å². The minimum absolute atomic E-state index is 0.108. The lowest BCUT2D eigenvalue weighted by Gasteiger charge is -2.44. The zero-order valence-electron chi connectivity index (χ0n) is 15.3. The molecule has 2 fully saturated rings. The van der Waals surface area contributed by atoms with E-state index in [0.29, 0.717) is 25.8 Å². The van der Waals surface area contributed by atoms with Gasteiger partial charge in [-0.15, -0.1) is 0 Å². The Hall–Kier alpha value is -2.94. The summed E-state index contributed by atoms with van der Waals surface area (Å²) >= 11 is 0. The number of piperidine rings is 1. The standard InChI is InChI=1S/C19H23N3O6/c23-16(10-28-11-17(24)25)20-13-6-7-22-15(9-13)18(26)21-14(19(22)27)8-12-4-2-1-3-5-12/h1-5,13-15H,6-11H2,(H,20,23)(H,21,26)(H,24,25). The summed E-state index contributed by atoms with van der Waals surface area (Å²) in [6.07, 6.45) is 1.29. The molecule has 3 rings (SSSR count). The molecule has 3 amide bonds. The van der Waals surface area contributed by atoms with Crippen molar-refractivity contribution in [2.24, 2.45) is 0 Å². The van der Waals surface area contributed by atoms with Crippen molar-refractivity contribution < 1.29 is 29.0 Å². The topological polar surface area (TPSA) is 125 Å². The molecular weight excluding hydrogens is 366 g/mol. The van der Waals surface area contributed by atoms with Crippen LogP contribution in [0.4, 0.5) is 0 Å². The number of amides is 3. The second kappa shape index (κ2) is 8.83. The van der Waals surface area contributed by atoms with Crippen molar-refractivity contribution in [1.82, 2.24) is 15.5 Å². The van der Waals surface area contributed by atoms with E-state index in [4.69, 9.17) is 9.84 Å². The Labute approximate surface area is 162 Å². The Morgan fingerprint density at radius 3 is 2.68 bits per heavy atom. The number of hydrogen-bond donors (Lipinski definition) is 3. The molecule has 0 saturated carbocycles. The second-order valence-corrected chi connectivity index (χ2v) is 6.97. The van der Waals surface area contributed by atoms with Gasteiger partial charge in [-0.25, -0.2) is 4.79 Å². The number of ether oxygens (including phenoxy) is 1. The van der Waals surface area contributed by atoms with Crippen molar-refractivity contribution in [3.05, 3.63) is 35.9 Å². The first-order valence-corrected chi connectivity index (χ1v) is 9.17. The van der Waals surface area contributed by atoms with Crippen molar-refractivity contribution >= 4 is 23.7 Å². The van der Waals surface area contributed by atoms with E-state index in [1.807, 2.05) is 30.3 Å². The summed E-state index contributed by atoms with van der Waals surface area (Å²) in [5.74, 6) is -1.92. The highest BCUT2D eigenvalue weighted by molar-refractivity contribution is 5.97. The number of nitrogens with one attached hydrogen (secondary N) is 2. The number of carbonyl (C=O) groups excluding carboxylic acids is 3. The molecule has 28 heavy (non-hydrogen) atoms. The van der Waals surface area contributed by atoms with Crippen molar-refractivity contribution in [2.75, 3.05) is 19.8 Å². The summed E-state index contributed by atoms with van der Waals surface area (Å²) in [5, 5.41) is 14.0. The lowest BCUT2D eigenvalue weighted by molar-refractivity contribution is -0.152. The molecule has 0 bridgehead atoms. The maximum absolute atomic E-state index is 12.8. The molecule has 2 aliphatic rings. The number of piperazine rings is 1. The molecule has 150 valence electrons. The van der Waals surface area contributed by atoms with Gasteiger partial charge in [0.05, 0.1) is 0 Å². The molecule has 3 N–H and O–H groups in total. The highest BCUT2D eigenvalue weighted by Gasteiger charge is 2.43. The van der Waals surface area contributed by atoms with Crippen LogP contribution in [0.3, 0.4) is 0 Å². The summed E-state index contributed by atoms with van der Waals surface area (Å²) in [6.45, 7) is -0.529. The number of carboxylic acid groups (broad SMARTS) is 1. The third kappa shape index (κ3) is 4.86. The molecule has 0 aromatic heterocycles. The largest absolute Gasteiger partial charge is 0.480 e. The lowest BCUT2D eigenvalue weighted by atomic mass is 9.91. The van der Waals surface area contributed by atoms with Crippen molar-refractivity contribution in [2.45, 2.75) is 37.4 Å². The second-order valence-electron chi connectivity index (χ2n) is 6.97. The van der Waals surface area contributed by atoms with Crippen molar-refractivity contribution in [1.29, 1.82) is 0 Å². The van der Waals surface area contributed by atoms with E-state index >= 15 is 0 Å². The van der Waals surface area contributed by atoms with Crippen LogP contribution in [0.5, 0.6) is 0 Å². The Bertz CT molecular complexity index is 753. The van der Waals surface area contributed by atoms with Gasteiger partial charge in [0.15, 0.2) is 0 Å². The lowest BCUT2D eigenvalue weighted by Crippen LogP contribution is -2.67. The van der Waals surface area contributed by atoms with Crippen molar-refractivity contribution in [3.63, 3.8) is 0 Å². The molecule has 0 radical (unpaired) electrons. The normalized spacial score (nSPS) is 24.3. The predicted molar refractivity (Wildman–Crippen MR) is 97.2 cm³/mol. The number of carboxylic acids is 1. The van der Waals surface area contributed by atoms with Crippen LogP contribution >= 0.6 is 0 Å². The smallest absolute Gasteiger partial charge is 0.329 e. The minimum atomic E-state index is -1.15. The van der Waals surface area contributed by atoms with Gasteiger partial charge in [0.2, 0.25) is 17.7 Å². The summed E-state index contributed by atoms with van der Waals surface area (Å²) in [7, 11) is 0. The molecule has 2 heterocycles. The Morgan fingerprint density at radius 2 is 1.96 bits per heavy atom. The van der Waals surface area contributed by atoms with E-state index in [-0.39, 0.29) is 24.5 Å². The van der Waals surface area contributed by atoms with Gasteiger partial charge >= 0.3 is 5.97 Å². The van der Waals surface area contributed by atoms with E-state index < -0.39 is 30.6 Å². The summed E-state index contributed by atoms with van der Waals surface area (Å²) in [4.78, 5) is 49.2. The number of fused-ring (bicyclic) bond motifs is 1. The first-order valence-electron chi connectivity index (χ1n) is 9.17. The van der Waals surface area contributed by atoms with Gasteiger partial charge in [-0.2, -0.15) is 0 Å². The van der Waals surface area contributed by atoms with Gasteiger partial charge in [0.1, 0.15) is 25.3 Å². The Balaban J connectivity index is 1.54. The maximum Gasteiger partial charge on any atom is 0.329 e. The van der Waals surface area contributed by atoms with Crippen LogP contribution in [0.15, 0.2) is 30.3 Å². The fourth-order valence-electron chi connectivity index (χ4n) is 3.63. The molecule has 9 heteroatoms. The average Bonchev–Trinajstić information content (AvgIpc) is 2.66. The SMILES string of the molecule is O=C(O)COCC(=O)NC1CCN2C(=O)C(Cc3ccccc3)NC(=O)C2C1. The third-order valence-electron chi connectivity index (χ3n) is 4.91. The van der Waals surface area contributed by atoms with Gasteiger partial charge in [-0.05, 0) is 18.4 Å². The molecule has 2 saturated heterocycles. The number of carbonyl (C=O) groups is 4. The van der Waals surface area contributed by atoms with Gasteiger partial charge < -0.3 is 25.4 Å². The monoisotopic (exact) mass is 389 g/mol. The van der Waals surface area contributed by atoms with Gasteiger partial charge in [0.25, 0.3) is 0 Å². The fourth-order valence-corrected chi connectivity index (χ4v) is 3.63. The molecule has 0 aliphatic carbocycles. The van der Waals surface area contributed by atoms with Crippen LogP contribution in [-0.2, 0) is 30.3 Å². The van der Waals surface area contributed by atoms with E-state index in [0.717, 1.165) is 5.56 Å². The van der Waals surface area contributed by atoms with E-state index in [1.54, 1.807) is 4.90 Å². The van der Waals surface area contributed by atoms with Crippen molar-refractivity contribution in [3.8, 4) is 0 Å². The Kier molecular flexibility index (Phi) is 6.25. The van der Waals surface area contributed by atoms with Crippen LogP contribution in [-0.4, -0.2) is 71.6 Å². The first-order chi connectivity index (χ1) is 13.4. The summed E-state index contributed by atoms with van der Waals surface area (Å²) in [5.41, 5.74) is 0.975. The summed E-state index contributed by atoms with van der Waals surface area (Å²) in [6, 6.07) is 8.04. The number of benzene rings is 1. The van der Waals surface area contributed by atoms with Gasteiger partial charge in [0, 0.05) is 19.0 Å². The highest BCUT2D eigenvalue weighted by atomic mass is 16.5. The van der Waals surface area contributed by atoms with Crippen LogP contribution in [0.2, 0.25) is 0 Å². The number of nitrogens with zero attached hydrogens (tertiary/aromatic N) is 1. The van der Waals surface area contributed by atoms with Gasteiger partial charge in [-0.1, -0.05) is 30.3 Å². The average molecular weight is 389 g/mol. The molecule has 2 aliphatic heterocycles. The van der Waals surface area contributed by atoms with E-state index in [2.05, 4.69) is 10.6 Å². The van der Waals surface area contributed by atoms with Crippen LogP contribution in [0.1, 0.15) is 18.4 Å². The molecule has 0 spiro atoms. The zero-order chi connectivity index (χ0) is 20.1. The van der Waals surface area contributed by atoms with E-state index in [9.17, 15) is 19.2 Å². The predicted octanol–water partition coefficient (Wildman–Crippen LogP) is -0.695. The quantitative estimate of drug-likeness (QED) is 0.567. The van der Waals surface area contributed by atoms with Gasteiger partial charge in [-0.3, -0.25) is 14.4 Å². The molecular formula is C19H23N3O6.